The number of aromatic nitrogens is 1. The largest absolute Gasteiger partial charge is 0.441 e. The molecule has 1 heterocycles. The Hall–Kier alpha value is -0.830. The van der Waals surface area contributed by atoms with Crippen LogP contribution in [0.2, 0.25) is 5.15 Å². The lowest BCUT2D eigenvalue weighted by Gasteiger charge is -1.67. The zero-order valence-electron chi connectivity index (χ0n) is 3.80. The van der Waals surface area contributed by atoms with Gasteiger partial charge in [0.25, 0.3) is 5.89 Å². The minimum Gasteiger partial charge on any atom is -0.441 e. The molecule has 1 aromatic heterocycles. The highest BCUT2D eigenvalue weighted by Crippen LogP contribution is 2.04. The van der Waals surface area contributed by atoms with E-state index in [0.29, 0.717) is 6.29 Å². The van der Waals surface area contributed by atoms with Crippen LogP contribution in [0, 0.1) is 0 Å². The van der Waals surface area contributed by atoms with Crippen molar-refractivity contribution >= 4 is 17.9 Å². The molecular formula is C4H2ClNO2. The Morgan fingerprint density at radius 3 is 2.88 bits per heavy atom. The third-order valence-electron chi connectivity index (χ3n) is 0.595. The number of oxazole rings is 1. The van der Waals surface area contributed by atoms with E-state index >= 15 is 0 Å². The summed E-state index contributed by atoms with van der Waals surface area (Å²) in [5.41, 5.74) is 0. The van der Waals surface area contributed by atoms with Crippen molar-refractivity contribution in [2.45, 2.75) is 0 Å². The number of carbonyl (C=O) groups excluding carboxylic acids is 1. The second-order valence-corrected chi connectivity index (χ2v) is 1.51. The van der Waals surface area contributed by atoms with Crippen molar-refractivity contribution in [2.24, 2.45) is 0 Å². The topological polar surface area (TPSA) is 43.1 Å². The third-order valence-corrected chi connectivity index (χ3v) is 0.768. The van der Waals surface area contributed by atoms with Crippen molar-refractivity contribution in [3.05, 3.63) is 17.3 Å². The number of carbonyl (C=O) groups is 1. The SMILES string of the molecule is O=Cc1nc(Cl)co1. The van der Waals surface area contributed by atoms with Gasteiger partial charge in [-0.25, -0.2) is 0 Å². The molecule has 3 nitrogen and oxygen atoms in total. The third kappa shape index (κ3) is 0.869. The lowest BCUT2D eigenvalue weighted by molar-refractivity contribution is 0.109. The summed E-state index contributed by atoms with van der Waals surface area (Å²) in [6, 6.07) is 0. The second-order valence-electron chi connectivity index (χ2n) is 1.13. The van der Waals surface area contributed by atoms with Gasteiger partial charge >= 0.3 is 0 Å². The van der Waals surface area contributed by atoms with Crippen LogP contribution in [0.15, 0.2) is 10.7 Å². The molecule has 1 aromatic rings. The molecule has 0 bridgehead atoms. The van der Waals surface area contributed by atoms with Crippen LogP contribution in [0.25, 0.3) is 0 Å². The van der Waals surface area contributed by atoms with Gasteiger partial charge in [0.15, 0.2) is 5.15 Å². The lowest BCUT2D eigenvalue weighted by atomic mass is 10.8. The molecule has 0 aliphatic rings. The maximum absolute atomic E-state index is 9.80. The van der Waals surface area contributed by atoms with Gasteiger partial charge in [-0.3, -0.25) is 4.79 Å². The van der Waals surface area contributed by atoms with Crippen molar-refractivity contribution in [3.8, 4) is 0 Å². The number of halogens is 1. The molecule has 0 saturated carbocycles. The molecule has 0 aromatic carbocycles. The van der Waals surface area contributed by atoms with Crippen molar-refractivity contribution in [1.82, 2.24) is 4.98 Å². The Morgan fingerprint density at radius 2 is 2.62 bits per heavy atom. The van der Waals surface area contributed by atoms with E-state index in [-0.39, 0.29) is 11.0 Å². The monoisotopic (exact) mass is 131 g/mol. The predicted molar refractivity (Wildman–Crippen MR) is 26.9 cm³/mol. The highest BCUT2D eigenvalue weighted by molar-refractivity contribution is 6.29. The van der Waals surface area contributed by atoms with E-state index in [0.717, 1.165) is 0 Å². The molecule has 42 valence electrons. The molecule has 0 atom stereocenters. The number of hydrogen-bond donors (Lipinski definition) is 0. The average molecular weight is 132 g/mol. The van der Waals surface area contributed by atoms with E-state index in [1.165, 1.54) is 6.26 Å². The first-order valence-corrected chi connectivity index (χ1v) is 2.27. The molecule has 4 heteroatoms. The van der Waals surface area contributed by atoms with E-state index in [2.05, 4.69) is 9.40 Å². The normalized spacial score (nSPS) is 9.12. The van der Waals surface area contributed by atoms with Crippen LogP contribution in [-0.2, 0) is 0 Å². The quantitative estimate of drug-likeness (QED) is 0.537. The zero-order valence-corrected chi connectivity index (χ0v) is 4.55. The predicted octanol–water partition coefficient (Wildman–Crippen LogP) is 1.14. The summed E-state index contributed by atoms with van der Waals surface area (Å²) < 4.78 is 4.50. The minimum absolute atomic E-state index is 0.00926. The summed E-state index contributed by atoms with van der Waals surface area (Å²) in [4.78, 5) is 13.3. The van der Waals surface area contributed by atoms with Gasteiger partial charge in [-0.05, 0) is 0 Å². The van der Waals surface area contributed by atoms with Gasteiger partial charge in [0, 0.05) is 0 Å². The zero-order chi connectivity index (χ0) is 5.98. The van der Waals surface area contributed by atoms with Crippen molar-refractivity contribution in [2.75, 3.05) is 0 Å². The Balaban J connectivity index is 3.00. The fraction of sp³-hybridized carbons (Fsp3) is 0. The van der Waals surface area contributed by atoms with Gasteiger partial charge in [-0.1, -0.05) is 11.6 Å². The molecule has 0 amide bonds. The number of rotatable bonds is 1. The maximum Gasteiger partial charge on any atom is 0.261 e. The van der Waals surface area contributed by atoms with Gasteiger partial charge in [-0.15, -0.1) is 0 Å². The summed E-state index contributed by atoms with van der Waals surface area (Å²) >= 11 is 5.28. The second kappa shape index (κ2) is 1.96. The molecule has 0 spiro atoms. The van der Waals surface area contributed by atoms with Crippen LogP contribution in [0.5, 0.6) is 0 Å². The van der Waals surface area contributed by atoms with Crippen molar-refractivity contribution in [3.63, 3.8) is 0 Å². The van der Waals surface area contributed by atoms with Crippen molar-refractivity contribution < 1.29 is 9.21 Å². The molecule has 0 aliphatic heterocycles. The number of nitrogens with zero attached hydrogens (tertiary/aromatic N) is 1. The minimum atomic E-state index is 0.00926. The Kier molecular flexibility index (Phi) is 1.30. The molecule has 0 radical (unpaired) electrons. The average Bonchev–Trinajstić information content (AvgIpc) is 2.14. The number of hydrogen-bond acceptors (Lipinski definition) is 3. The van der Waals surface area contributed by atoms with Gasteiger partial charge in [0.1, 0.15) is 6.26 Å². The lowest BCUT2D eigenvalue weighted by Crippen LogP contribution is -1.73. The van der Waals surface area contributed by atoms with Crippen LogP contribution in [-0.4, -0.2) is 11.3 Å². The summed E-state index contributed by atoms with van der Waals surface area (Å²) in [5, 5.41) is 0.201. The summed E-state index contributed by atoms with van der Waals surface area (Å²) in [6.45, 7) is 0. The van der Waals surface area contributed by atoms with Crippen molar-refractivity contribution in [1.29, 1.82) is 0 Å². The Morgan fingerprint density at radius 1 is 1.88 bits per heavy atom. The molecule has 0 saturated heterocycles. The van der Waals surface area contributed by atoms with E-state index in [9.17, 15) is 4.79 Å². The van der Waals surface area contributed by atoms with Gasteiger partial charge in [0.05, 0.1) is 0 Å². The Bertz CT molecular complexity index is 196. The van der Waals surface area contributed by atoms with E-state index in [1.807, 2.05) is 0 Å². The summed E-state index contributed by atoms with van der Waals surface area (Å²) in [6.07, 6.45) is 1.69. The molecule has 0 N–H and O–H groups in total. The fourth-order valence-corrected chi connectivity index (χ4v) is 0.449. The van der Waals surface area contributed by atoms with Crippen LogP contribution >= 0.6 is 11.6 Å². The molecule has 0 unspecified atom stereocenters. The molecule has 0 fully saturated rings. The van der Waals surface area contributed by atoms with Crippen LogP contribution in [0.4, 0.5) is 0 Å². The van der Waals surface area contributed by atoms with E-state index in [4.69, 9.17) is 11.6 Å². The first-order chi connectivity index (χ1) is 3.83. The first kappa shape index (κ1) is 5.31. The molecule has 8 heavy (non-hydrogen) atoms. The van der Waals surface area contributed by atoms with Gasteiger partial charge < -0.3 is 4.42 Å². The molecule has 1 rings (SSSR count). The highest BCUT2D eigenvalue weighted by Gasteiger charge is 1.95. The molecular weight excluding hydrogens is 130 g/mol. The van der Waals surface area contributed by atoms with Crippen LogP contribution in [0.3, 0.4) is 0 Å². The summed E-state index contributed by atoms with van der Waals surface area (Å²) in [5.74, 6) is 0.00926. The molecule has 0 aliphatic carbocycles. The Labute approximate surface area is 50.3 Å². The van der Waals surface area contributed by atoms with Gasteiger partial charge in [0.2, 0.25) is 6.29 Å². The van der Waals surface area contributed by atoms with Crippen LogP contribution < -0.4 is 0 Å². The summed E-state index contributed by atoms with van der Waals surface area (Å²) in [7, 11) is 0. The van der Waals surface area contributed by atoms with Gasteiger partial charge in [-0.2, -0.15) is 4.98 Å². The smallest absolute Gasteiger partial charge is 0.261 e. The highest BCUT2D eigenvalue weighted by atomic mass is 35.5. The maximum atomic E-state index is 9.80. The van der Waals surface area contributed by atoms with E-state index < -0.39 is 0 Å². The first-order valence-electron chi connectivity index (χ1n) is 1.89. The fourth-order valence-electron chi connectivity index (χ4n) is 0.321. The number of aldehydes is 1. The van der Waals surface area contributed by atoms with Crippen LogP contribution in [0.1, 0.15) is 10.7 Å². The standard InChI is InChI=1S/C4H2ClNO2/c5-3-2-8-4(1-7)6-3/h1-2H. The van der Waals surface area contributed by atoms with E-state index in [1.54, 1.807) is 0 Å².